The van der Waals surface area contributed by atoms with Gasteiger partial charge in [0, 0.05) is 19.3 Å². The lowest BCUT2D eigenvalue weighted by Crippen LogP contribution is -2.37. The first kappa shape index (κ1) is 18.1. The SMILES string of the molecule is Cc1ccn(-c2ccc(NCCNC(=O)C3(c4ccc(F)cc4)CC3)nn2)n1. The summed E-state index contributed by atoms with van der Waals surface area (Å²) in [5.41, 5.74) is 1.28. The van der Waals surface area contributed by atoms with E-state index in [9.17, 15) is 9.18 Å². The lowest BCUT2D eigenvalue weighted by molar-refractivity contribution is -0.123. The van der Waals surface area contributed by atoms with E-state index in [0.717, 1.165) is 24.1 Å². The van der Waals surface area contributed by atoms with Crippen molar-refractivity contribution in [1.82, 2.24) is 25.3 Å². The van der Waals surface area contributed by atoms with Crippen LogP contribution in [0, 0.1) is 12.7 Å². The van der Waals surface area contributed by atoms with Gasteiger partial charge in [0.25, 0.3) is 0 Å². The van der Waals surface area contributed by atoms with Crippen LogP contribution < -0.4 is 10.6 Å². The summed E-state index contributed by atoms with van der Waals surface area (Å²) in [5, 5.41) is 18.6. The Balaban J connectivity index is 1.26. The first-order chi connectivity index (χ1) is 13.6. The molecule has 1 aliphatic carbocycles. The van der Waals surface area contributed by atoms with Gasteiger partial charge in [0.05, 0.1) is 11.1 Å². The van der Waals surface area contributed by atoms with Crippen LogP contribution in [0.2, 0.25) is 0 Å². The molecule has 2 heterocycles. The highest BCUT2D eigenvalue weighted by atomic mass is 19.1. The molecule has 2 aromatic heterocycles. The molecule has 8 heteroatoms. The maximum absolute atomic E-state index is 13.1. The van der Waals surface area contributed by atoms with Gasteiger partial charge < -0.3 is 10.6 Å². The fourth-order valence-electron chi connectivity index (χ4n) is 3.16. The third-order valence-corrected chi connectivity index (χ3v) is 4.91. The van der Waals surface area contributed by atoms with Crippen LogP contribution in [0.5, 0.6) is 0 Å². The number of anilines is 1. The van der Waals surface area contributed by atoms with Crippen molar-refractivity contribution in [3.63, 3.8) is 0 Å². The highest BCUT2D eigenvalue weighted by Crippen LogP contribution is 2.48. The first-order valence-electron chi connectivity index (χ1n) is 9.21. The average Bonchev–Trinajstić information content (AvgIpc) is 3.41. The molecule has 2 N–H and O–H groups in total. The second-order valence-corrected chi connectivity index (χ2v) is 6.95. The number of carbonyl (C=O) groups is 1. The van der Waals surface area contributed by atoms with Crippen LogP contribution in [-0.4, -0.2) is 39.0 Å². The zero-order chi connectivity index (χ0) is 19.6. The van der Waals surface area contributed by atoms with Gasteiger partial charge >= 0.3 is 0 Å². The summed E-state index contributed by atoms with van der Waals surface area (Å²) in [4.78, 5) is 12.6. The summed E-state index contributed by atoms with van der Waals surface area (Å²) in [6.45, 7) is 2.90. The number of halogens is 1. The minimum absolute atomic E-state index is 0.0172. The van der Waals surface area contributed by atoms with E-state index >= 15 is 0 Å². The van der Waals surface area contributed by atoms with Crippen LogP contribution >= 0.6 is 0 Å². The molecule has 28 heavy (non-hydrogen) atoms. The molecule has 144 valence electrons. The third kappa shape index (κ3) is 3.71. The van der Waals surface area contributed by atoms with Crippen LogP contribution in [0.4, 0.5) is 10.2 Å². The van der Waals surface area contributed by atoms with Crippen LogP contribution in [0.3, 0.4) is 0 Å². The van der Waals surface area contributed by atoms with E-state index in [2.05, 4.69) is 25.9 Å². The highest BCUT2D eigenvalue weighted by Gasteiger charge is 2.50. The number of amides is 1. The summed E-state index contributed by atoms with van der Waals surface area (Å²) < 4.78 is 14.8. The number of aryl methyl sites for hydroxylation is 1. The Kier molecular flexibility index (Phi) is 4.77. The van der Waals surface area contributed by atoms with Crippen molar-refractivity contribution in [3.05, 3.63) is 65.7 Å². The van der Waals surface area contributed by atoms with E-state index in [1.807, 2.05) is 31.3 Å². The van der Waals surface area contributed by atoms with Gasteiger partial charge in [-0.3, -0.25) is 4.79 Å². The van der Waals surface area contributed by atoms with Gasteiger partial charge in [-0.1, -0.05) is 12.1 Å². The van der Waals surface area contributed by atoms with Gasteiger partial charge in [0.2, 0.25) is 5.91 Å². The van der Waals surface area contributed by atoms with E-state index in [-0.39, 0.29) is 11.7 Å². The summed E-state index contributed by atoms with van der Waals surface area (Å²) in [6, 6.07) is 11.7. The Morgan fingerprint density at radius 1 is 1.11 bits per heavy atom. The van der Waals surface area contributed by atoms with Crippen molar-refractivity contribution in [3.8, 4) is 5.82 Å². The molecule has 0 saturated heterocycles. The smallest absolute Gasteiger partial charge is 0.230 e. The highest BCUT2D eigenvalue weighted by molar-refractivity contribution is 5.91. The Bertz CT molecular complexity index is 963. The summed E-state index contributed by atoms with van der Waals surface area (Å²) in [5.74, 6) is 0.957. The van der Waals surface area contributed by atoms with Gasteiger partial charge in [-0.05, 0) is 55.7 Å². The summed E-state index contributed by atoms with van der Waals surface area (Å²) >= 11 is 0. The van der Waals surface area contributed by atoms with Gasteiger partial charge in [-0.25, -0.2) is 9.07 Å². The predicted octanol–water partition coefficient (Wildman–Crippen LogP) is 2.37. The Hall–Kier alpha value is -3.29. The van der Waals surface area contributed by atoms with Crippen molar-refractivity contribution in [2.45, 2.75) is 25.2 Å². The zero-order valence-corrected chi connectivity index (χ0v) is 15.5. The second-order valence-electron chi connectivity index (χ2n) is 6.95. The molecule has 1 aliphatic rings. The molecule has 0 atom stereocenters. The first-order valence-corrected chi connectivity index (χ1v) is 9.21. The minimum Gasteiger partial charge on any atom is -0.367 e. The number of hydrogen-bond acceptors (Lipinski definition) is 5. The molecule has 4 rings (SSSR count). The Morgan fingerprint density at radius 3 is 2.50 bits per heavy atom. The molecule has 1 fully saturated rings. The van der Waals surface area contributed by atoms with E-state index in [0.29, 0.717) is 24.7 Å². The third-order valence-electron chi connectivity index (χ3n) is 4.91. The van der Waals surface area contributed by atoms with Crippen molar-refractivity contribution < 1.29 is 9.18 Å². The van der Waals surface area contributed by atoms with Gasteiger partial charge in [-0.15, -0.1) is 10.2 Å². The van der Waals surface area contributed by atoms with Crippen molar-refractivity contribution in [1.29, 1.82) is 0 Å². The topological polar surface area (TPSA) is 84.7 Å². The normalized spacial score (nSPS) is 14.5. The van der Waals surface area contributed by atoms with E-state index in [1.165, 1.54) is 12.1 Å². The number of benzene rings is 1. The quantitative estimate of drug-likeness (QED) is 0.615. The van der Waals surface area contributed by atoms with Crippen LogP contribution in [0.1, 0.15) is 24.1 Å². The number of rotatable bonds is 7. The molecular formula is C20H21FN6O. The van der Waals surface area contributed by atoms with Crippen LogP contribution in [0.15, 0.2) is 48.7 Å². The molecular weight excluding hydrogens is 359 g/mol. The van der Waals surface area contributed by atoms with Crippen molar-refractivity contribution >= 4 is 11.7 Å². The second kappa shape index (κ2) is 7.38. The van der Waals surface area contributed by atoms with E-state index in [1.54, 1.807) is 16.8 Å². The van der Waals surface area contributed by atoms with Crippen LogP contribution in [-0.2, 0) is 10.2 Å². The lowest BCUT2D eigenvalue weighted by Gasteiger charge is -2.16. The predicted molar refractivity (Wildman–Crippen MR) is 103 cm³/mol. The maximum atomic E-state index is 13.1. The zero-order valence-electron chi connectivity index (χ0n) is 15.5. The van der Waals surface area contributed by atoms with Gasteiger partial charge in [0.1, 0.15) is 11.6 Å². The monoisotopic (exact) mass is 380 g/mol. The Morgan fingerprint density at radius 2 is 1.89 bits per heavy atom. The number of aromatic nitrogens is 4. The molecule has 0 bridgehead atoms. The molecule has 7 nitrogen and oxygen atoms in total. The number of hydrogen-bond donors (Lipinski definition) is 2. The van der Waals surface area contributed by atoms with Crippen LogP contribution in [0.25, 0.3) is 5.82 Å². The van der Waals surface area contributed by atoms with E-state index in [4.69, 9.17) is 0 Å². The van der Waals surface area contributed by atoms with Crippen molar-refractivity contribution in [2.24, 2.45) is 0 Å². The fourth-order valence-corrected chi connectivity index (χ4v) is 3.16. The minimum atomic E-state index is -0.503. The van der Waals surface area contributed by atoms with E-state index < -0.39 is 5.41 Å². The molecule has 1 aromatic carbocycles. The molecule has 1 amide bonds. The lowest BCUT2D eigenvalue weighted by atomic mass is 9.95. The molecule has 3 aromatic rings. The number of carbonyl (C=O) groups excluding carboxylic acids is 1. The molecule has 0 unspecified atom stereocenters. The standard InChI is InChI=1S/C20H21FN6O/c1-14-8-13-27(26-14)18-7-6-17(24-25-18)22-11-12-23-19(28)20(9-10-20)15-2-4-16(21)5-3-15/h2-8,13H,9-12H2,1H3,(H,22,24)(H,23,28). The molecule has 1 saturated carbocycles. The Labute approximate surface area is 162 Å². The fraction of sp³-hybridized carbons (Fsp3) is 0.300. The molecule has 0 aliphatic heterocycles. The number of nitrogens with zero attached hydrogens (tertiary/aromatic N) is 4. The van der Waals surface area contributed by atoms with Gasteiger partial charge in [0.15, 0.2) is 5.82 Å². The molecule has 0 radical (unpaired) electrons. The summed E-state index contributed by atoms with van der Waals surface area (Å²) in [7, 11) is 0. The largest absolute Gasteiger partial charge is 0.367 e. The van der Waals surface area contributed by atoms with Crippen molar-refractivity contribution in [2.75, 3.05) is 18.4 Å². The molecule has 0 spiro atoms. The van der Waals surface area contributed by atoms with Gasteiger partial charge in [-0.2, -0.15) is 5.10 Å². The maximum Gasteiger partial charge on any atom is 0.230 e. The number of nitrogens with one attached hydrogen (secondary N) is 2. The summed E-state index contributed by atoms with van der Waals surface area (Å²) in [6.07, 6.45) is 3.41. The average molecular weight is 380 g/mol.